The molecule has 0 heterocycles. The van der Waals surface area contributed by atoms with Crippen molar-refractivity contribution in [1.82, 2.24) is 0 Å². The van der Waals surface area contributed by atoms with Gasteiger partial charge in [-0.25, -0.2) is 0 Å². The fourth-order valence-electron chi connectivity index (χ4n) is 7.31. The van der Waals surface area contributed by atoms with Gasteiger partial charge < -0.3 is 9.80 Å². The van der Waals surface area contributed by atoms with E-state index in [2.05, 4.69) is 202 Å². The first kappa shape index (κ1) is 35.0. The van der Waals surface area contributed by atoms with Crippen LogP contribution in [0.25, 0.3) is 10.8 Å². The molecule has 0 aliphatic heterocycles. The molecule has 0 atom stereocenters. The molecule has 0 saturated carbocycles. The SMILES string of the molecule is Cc1ccc(N(c2c(C)cc(C(C)(C)C)cc2C)c2ccc(N(c3ccc(C)cc3)c3c(C)cc(C(C)(C)C)cc3C)c3ccccc23)cc1. The zero-order chi connectivity index (χ0) is 36.1. The van der Waals surface area contributed by atoms with Crippen molar-refractivity contribution < 1.29 is 0 Å². The first-order valence-electron chi connectivity index (χ1n) is 18.0. The Kier molecular flexibility index (Phi) is 9.20. The van der Waals surface area contributed by atoms with Gasteiger partial charge in [0.25, 0.3) is 0 Å². The van der Waals surface area contributed by atoms with Crippen LogP contribution in [0.4, 0.5) is 34.1 Å². The third kappa shape index (κ3) is 6.69. The van der Waals surface area contributed by atoms with Gasteiger partial charge in [0.2, 0.25) is 0 Å². The lowest BCUT2D eigenvalue weighted by Gasteiger charge is -2.34. The molecule has 0 fully saturated rings. The summed E-state index contributed by atoms with van der Waals surface area (Å²) in [5, 5.41) is 2.42. The number of nitrogens with zero attached hydrogens (tertiary/aromatic N) is 2. The highest BCUT2D eigenvalue weighted by atomic mass is 15.2. The van der Waals surface area contributed by atoms with Crippen LogP contribution in [-0.4, -0.2) is 0 Å². The summed E-state index contributed by atoms with van der Waals surface area (Å²) in [6, 6.07) is 41.1. The summed E-state index contributed by atoms with van der Waals surface area (Å²) in [4.78, 5) is 4.96. The minimum absolute atomic E-state index is 0.0673. The minimum Gasteiger partial charge on any atom is -0.309 e. The van der Waals surface area contributed by atoms with E-state index in [0.717, 1.165) is 11.4 Å². The molecule has 0 aromatic heterocycles. The zero-order valence-corrected chi connectivity index (χ0v) is 32.3. The van der Waals surface area contributed by atoms with Gasteiger partial charge in [0.05, 0.1) is 22.7 Å². The van der Waals surface area contributed by atoms with Crippen LogP contribution in [0, 0.1) is 41.5 Å². The van der Waals surface area contributed by atoms with E-state index in [4.69, 9.17) is 0 Å². The molecule has 0 unspecified atom stereocenters. The van der Waals surface area contributed by atoms with Crippen LogP contribution in [0.15, 0.2) is 109 Å². The van der Waals surface area contributed by atoms with Gasteiger partial charge in [-0.3, -0.25) is 0 Å². The van der Waals surface area contributed by atoms with E-state index in [1.54, 1.807) is 0 Å². The molecule has 0 aliphatic rings. The molecule has 2 heteroatoms. The monoisotopic (exact) mass is 658 g/mol. The summed E-state index contributed by atoms with van der Waals surface area (Å²) >= 11 is 0. The molecule has 0 spiro atoms. The number of rotatable bonds is 6. The molecule has 0 bridgehead atoms. The molecule has 6 rings (SSSR count). The Labute approximate surface area is 301 Å². The van der Waals surface area contributed by atoms with Crippen molar-refractivity contribution in [1.29, 1.82) is 0 Å². The van der Waals surface area contributed by atoms with Gasteiger partial charge in [-0.2, -0.15) is 0 Å². The van der Waals surface area contributed by atoms with E-state index in [9.17, 15) is 0 Å². The first-order chi connectivity index (χ1) is 23.5. The predicted octanol–water partition coefficient (Wildman–Crippen LogP) is 14.2. The lowest BCUT2D eigenvalue weighted by molar-refractivity contribution is 0.589. The van der Waals surface area contributed by atoms with Crippen LogP contribution in [0.1, 0.15) is 86.1 Å². The standard InChI is InChI=1S/C48H54N2/c1-31-17-21-39(22-18-31)49(45-33(3)27-37(28-34(45)4)47(7,8)9)43-25-26-44(42-16-14-13-15-41(42)43)50(40-23-19-32(2)20-24-40)46-35(5)29-38(30-36(46)6)48(10,11)12/h13-30H,1-12H3. The molecular weight excluding hydrogens is 605 g/mol. The molecular formula is C48H54N2. The van der Waals surface area contributed by atoms with Crippen molar-refractivity contribution in [2.45, 2.75) is 93.9 Å². The number of aryl methyl sites for hydroxylation is 6. The van der Waals surface area contributed by atoms with Crippen LogP contribution in [0.3, 0.4) is 0 Å². The van der Waals surface area contributed by atoms with Crippen LogP contribution in [0.5, 0.6) is 0 Å². The van der Waals surface area contributed by atoms with Gasteiger partial charge in [0.15, 0.2) is 0 Å². The molecule has 2 nitrogen and oxygen atoms in total. The lowest BCUT2D eigenvalue weighted by atomic mass is 9.84. The Bertz CT molecular complexity index is 1970. The van der Waals surface area contributed by atoms with Gasteiger partial charge in [-0.15, -0.1) is 0 Å². The average molecular weight is 659 g/mol. The van der Waals surface area contributed by atoms with E-state index >= 15 is 0 Å². The van der Waals surface area contributed by atoms with Crippen LogP contribution in [0.2, 0.25) is 0 Å². The second kappa shape index (κ2) is 13.1. The second-order valence-electron chi connectivity index (χ2n) is 16.4. The van der Waals surface area contributed by atoms with E-state index < -0.39 is 0 Å². The Morgan fingerprint density at radius 3 is 0.960 bits per heavy atom. The Balaban J connectivity index is 1.64. The number of hydrogen-bond acceptors (Lipinski definition) is 2. The Morgan fingerprint density at radius 2 is 0.680 bits per heavy atom. The summed E-state index contributed by atoms with van der Waals surface area (Å²) < 4.78 is 0. The van der Waals surface area contributed by atoms with Crippen molar-refractivity contribution in [3.63, 3.8) is 0 Å². The summed E-state index contributed by atoms with van der Waals surface area (Å²) in [5.74, 6) is 0. The smallest absolute Gasteiger partial charge is 0.0541 e. The molecule has 0 saturated heterocycles. The Morgan fingerprint density at radius 1 is 0.380 bits per heavy atom. The number of hydrogen-bond donors (Lipinski definition) is 0. The van der Waals surface area contributed by atoms with Crippen molar-refractivity contribution in [2.24, 2.45) is 0 Å². The highest BCUT2D eigenvalue weighted by Gasteiger charge is 2.26. The maximum absolute atomic E-state index is 2.48. The van der Waals surface area contributed by atoms with Crippen molar-refractivity contribution >= 4 is 44.9 Å². The first-order valence-corrected chi connectivity index (χ1v) is 18.0. The highest BCUT2D eigenvalue weighted by molar-refractivity contribution is 6.08. The fourth-order valence-corrected chi connectivity index (χ4v) is 7.31. The van der Waals surface area contributed by atoms with Crippen LogP contribution >= 0.6 is 0 Å². The molecule has 0 N–H and O–H groups in total. The fraction of sp³-hybridized carbons (Fsp3) is 0.292. The van der Waals surface area contributed by atoms with Crippen LogP contribution in [-0.2, 0) is 10.8 Å². The normalized spacial score (nSPS) is 12.0. The zero-order valence-electron chi connectivity index (χ0n) is 32.3. The summed E-state index contributed by atoms with van der Waals surface area (Å²) in [5.41, 5.74) is 17.6. The maximum atomic E-state index is 2.48. The van der Waals surface area contributed by atoms with E-state index in [1.807, 2.05) is 0 Å². The van der Waals surface area contributed by atoms with Gasteiger partial charge >= 0.3 is 0 Å². The van der Waals surface area contributed by atoms with Gasteiger partial charge in [-0.05, 0) is 122 Å². The third-order valence-corrected chi connectivity index (χ3v) is 10.1. The third-order valence-electron chi connectivity index (χ3n) is 10.1. The van der Waals surface area contributed by atoms with E-state index in [0.29, 0.717) is 0 Å². The number of fused-ring (bicyclic) bond motifs is 1. The topological polar surface area (TPSA) is 6.48 Å². The van der Waals surface area contributed by atoms with Crippen molar-refractivity contribution in [3.05, 3.63) is 154 Å². The molecule has 6 aromatic rings. The minimum atomic E-state index is 0.0673. The largest absolute Gasteiger partial charge is 0.309 e. The van der Waals surface area contributed by atoms with Gasteiger partial charge in [0, 0.05) is 22.1 Å². The summed E-state index contributed by atoms with van der Waals surface area (Å²) in [6.45, 7) is 27.2. The van der Waals surface area contributed by atoms with Crippen molar-refractivity contribution in [2.75, 3.05) is 9.80 Å². The molecule has 6 aromatic carbocycles. The van der Waals surface area contributed by atoms with Crippen LogP contribution < -0.4 is 9.80 Å². The summed E-state index contributed by atoms with van der Waals surface area (Å²) in [7, 11) is 0. The predicted molar refractivity (Wildman–Crippen MR) is 219 cm³/mol. The van der Waals surface area contributed by atoms with E-state index in [1.165, 1.54) is 78.0 Å². The maximum Gasteiger partial charge on any atom is 0.0541 e. The number of benzene rings is 6. The molecule has 256 valence electrons. The van der Waals surface area contributed by atoms with Gasteiger partial charge in [0.1, 0.15) is 0 Å². The van der Waals surface area contributed by atoms with E-state index in [-0.39, 0.29) is 10.8 Å². The quantitative estimate of drug-likeness (QED) is 0.176. The van der Waals surface area contributed by atoms with Crippen molar-refractivity contribution in [3.8, 4) is 0 Å². The average Bonchev–Trinajstić information content (AvgIpc) is 3.04. The lowest BCUT2D eigenvalue weighted by Crippen LogP contribution is -2.18. The Hall–Kier alpha value is -4.82. The molecule has 0 aliphatic carbocycles. The molecule has 0 radical (unpaired) electrons. The molecule has 0 amide bonds. The second-order valence-corrected chi connectivity index (χ2v) is 16.4. The molecule has 50 heavy (non-hydrogen) atoms. The summed E-state index contributed by atoms with van der Waals surface area (Å²) in [6.07, 6.45) is 0. The number of anilines is 6. The highest BCUT2D eigenvalue weighted by Crippen LogP contribution is 2.48. The van der Waals surface area contributed by atoms with Gasteiger partial charge in [-0.1, -0.05) is 125 Å².